The van der Waals surface area contributed by atoms with E-state index < -0.39 is 0 Å². The van der Waals surface area contributed by atoms with Crippen LogP contribution in [0.2, 0.25) is 0 Å². The van der Waals surface area contributed by atoms with Crippen LogP contribution in [0, 0.1) is 18.6 Å². The highest BCUT2D eigenvalue weighted by Gasteiger charge is 2.15. The standard InChI is InChI=1S/C21H24N8S/c1-15-5-6-16(2)20(11-15)29-21(30)28(24-25-29)14-26(4)17(3)18-7-9-19(10-8-18)27-13-22-12-23-27/h5-13,17H,14H2,1-4H3/t17-/m1/s1. The van der Waals surface area contributed by atoms with E-state index in [-0.39, 0.29) is 6.04 Å². The molecule has 154 valence electrons. The van der Waals surface area contributed by atoms with Gasteiger partial charge in [-0.3, -0.25) is 4.90 Å². The van der Waals surface area contributed by atoms with Gasteiger partial charge in [0.05, 0.1) is 18.0 Å². The molecule has 30 heavy (non-hydrogen) atoms. The first-order valence-corrected chi connectivity index (χ1v) is 10.1. The maximum absolute atomic E-state index is 5.65. The molecule has 0 amide bonds. The quantitative estimate of drug-likeness (QED) is 0.444. The fourth-order valence-electron chi connectivity index (χ4n) is 3.30. The smallest absolute Gasteiger partial charge is 0.221 e. The molecular formula is C21H24N8S. The molecule has 2 aromatic heterocycles. The van der Waals surface area contributed by atoms with Crippen molar-refractivity contribution >= 4 is 12.2 Å². The Morgan fingerprint density at radius 1 is 1.07 bits per heavy atom. The Bertz CT molecular complexity index is 1190. The molecule has 4 rings (SSSR count). The molecule has 0 saturated heterocycles. The molecule has 0 unspecified atom stereocenters. The minimum Gasteiger partial charge on any atom is -0.281 e. The Hall–Kier alpha value is -3.17. The highest BCUT2D eigenvalue weighted by Crippen LogP contribution is 2.21. The number of hydrogen-bond donors (Lipinski definition) is 0. The van der Waals surface area contributed by atoms with Crippen LogP contribution in [0.5, 0.6) is 0 Å². The van der Waals surface area contributed by atoms with Gasteiger partial charge in [0.2, 0.25) is 4.77 Å². The average molecular weight is 421 g/mol. The van der Waals surface area contributed by atoms with E-state index in [0.29, 0.717) is 11.4 Å². The van der Waals surface area contributed by atoms with Gasteiger partial charge in [-0.05, 0) is 85.4 Å². The number of aryl methyl sites for hydroxylation is 2. The van der Waals surface area contributed by atoms with E-state index >= 15 is 0 Å². The summed E-state index contributed by atoms with van der Waals surface area (Å²) in [7, 11) is 2.05. The number of rotatable bonds is 6. The van der Waals surface area contributed by atoms with E-state index in [1.165, 1.54) is 11.9 Å². The second-order valence-corrected chi connectivity index (χ2v) is 7.83. The van der Waals surface area contributed by atoms with Gasteiger partial charge in [0, 0.05) is 6.04 Å². The van der Waals surface area contributed by atoms with Crippen molar-refractivity contribution < 1.29 is 0 Å². The first-order valence-electron chi connectivity index (χ1n) is 9.69. The Morgan fingerprint density at radius 2 is 1.83 bits per heavy atom. The summed E-state index contributed by atoms with van der Waals surface area (Å²) in [5, 5.41) is 12.8. The monoisotopic (exact) mass is 420 g/mol. The second-order valence-electron chi connectivity index (χ2n) is 7.47. The summed E-state index contributed by atoms with van der Waals surface area (Å²) < 4.78 is 5.79. The second kappa shape index (κ2) is 8.29. The summed E-state index contributed by atoms with van der Waals surface area (Å²) in [4.78, 5) is 6.17. The number of nitrogens with zero attached hydrogens (tertiary/aromatic N) is 8. The molecule has 0 aliphatic carbocycles. The van der Waals surface area contributed by atoms with Gasteiger partial charge in [-0.1, -0.05) is 24.3 Å². The van der Waals surface area contributed by atoms with Gasteiger partial charge >= 0.3 is 0 Å². The molecule has 0 aliphatic heterocycles. The molecule has 2 aromatic carbocycles. The van der Waals surface area contributed by atoms with E-state index in [9.17, 15) is 0 Å². The van der Waals surface area contributed by atoms with Crippen LogP contribution in [0.15, 0.2) is 55.1 Å². The summed E-state index contributed by atoms with van der Waals surface area (Å²) in [6, 6.07) is 14.7. The summed E-state index contributed by atoms with van der Waals surface area (Å²) in [6.45, 7) is 6.80. The van der Waals surface area contributed by atoms with Crippen LogP contribution in [-0.4, -0.2) is 46.5 Å². The zero-order chi connectivity index (χ0) is 21.3. The van der Waals surface area contributed by atoms with Gasteiger partial charge in [0.1, 0.15) is 12.7 Å². The van der Waals surface area contributed by atoms with E-state index in [1.54, 1.807) is 20.4 Å². The van der Waals surface area contributed by atoms with Gasteiger partial charge in [-0.25, -0.2) is 14.3 Å². The molecule has 4 aromatic rings. The van der Waals surface area contributed by atoms with Gasteiger partial charge in [0.25, 0.3) is 0 Å². The molecule has 1 atom stereocenters. The largest absolute Gasteiger partial charge is 0.281 e. The maximum atomic E-state index is 5.65. The van der Waals surface area contributed by atoms with E-state index in [4.69, 9.17) is 12.2 Å². The number of hydrogen-bond acceptors (Lipinski definition) is 6. The normalized spacial score (nSPS) is 12.4. The van der Waals surface area contributed by atoms with Crippen molar-refractivity contribution in [3.63, 3.8) is 0 Å². The Balaban J connectivity index is 1.51. The lowest BCUT2D eigenvalue weighted by atomic mass is 10.1. The SMILES string of the molecule is Cc1ccc(C)c(-n2nnn(CN(C)[C@H](C)c3ccc(-n4cncn4)cc3)c2=S)c1. The Morgan fingerprint density at radius 3 is 2.53 bits per heavy atom. The van der Waals surface area contributed by atoms with Crippen LogP contribution < -0.4 is 0 Å². The van der Waals surface area contributed by atoms with Crippen molar-refractivity contribution in [3.8, 4) is 11.4 Å². The highest BCUT2D eigenvalue weighted by atomic mass is 32.1. The van der Waals surface area contributed by atoms with Crippen molar-refractivity contribution in [1.82, 2.24) is 39.5 Å². The zero-order valence-corrected chi connectivity index (χ0v) is 18.3. The van der Waals surface area contributed by atoms with E-state index in [0.717, 1.165) is 22.5 Å². The minimum absolute atomic E-state index is 0.169. The summed E-state index contributed by atoms with van der Waals surface area (Å²) in [5.41, 5.74) is 5.40. The number of aromatic nitrogens is 7. The van der Waals surface area contributed by atoms with Gasteiger partial charge in [0.15, 0.2) is 0 Å². The van der Waals surface area contributed by atoms with Crippen molar-refractivity contribution in [2.24, 2.45) is 0 Å². The van der Waals surface area contributed by atoms with Crippen LogP contribution in [-0.2, 0) is 6.67 Å². The first kappa shape index (κ1) is 20.1. The predicted octanol–water partition coefficient (Wildman–Crippen LogP) is 3.65. The van der Waals surface area contributed by atoms with Crippen LogP contribution in [0.25, 0.3) is 11.4 Å². The van der Waals surface area contributed by atoms with Gasteiger partial charge in [-0.2, -0.15) is 9.78 Å². The van der Waals surface area contributed by atoms with Crippen LogP contribution >= 0.6 is 12.2 Å². The van der Waals surface area contributed by atoms with Crippen molar-refractivity contribution in [2.75, 3.05) is 7.05 Å². The van der Waals surface area contributed by atoms with Crippen LogP contribution in [0.3, 0.4) is 0 Å². The highest BCUT2D eigenvalue weighted by molar-refractivity contribution is 7.71. The molecule has 2 heterocycles. The Kier molecular flexibility index (Phi) is 5.56. The van der Waals surface area contributed by atoms with Crippen molar-refractivity contribution in [3.05, 3.63) is 76.6 Å². The maximum Gasteiger partial charge on any atom is 0.221 e. The molecule has 0 radical (unpaired) electrons. The lowest BCUT2D eigenvalue weighted by molar-refractivity contribution is 0.193. The summed E-state index contributed by atoms with van der Waals surface area (Å²) in [5.74, 6) is 0. The predicted molar refractivity (Wildman–Crippen MR) is 117 cm³/mol. The van der Waals surface area contributed by atoms with E-state index in [2.05, 4.69) is 76.6 Å². The van der Waals surface area contributed by atoms with Crippen molar-refractivity contribution in [2.45, 2.75) is 33.5 Å². The average Bonchev–Trinajstić information content (AvgIpc) is 3.40. The molecule has 0 saturated carbocycles. The fourth-order valence-corrected chi connectivity index (χ4v) is 3.53. The van der Waals surface area contributed by atoms with E-state index in [1.807, 2.05) is 19.1 Å². The lowest BCUT2D eigenvalue weighted by Crippen LogP contribution is -2.26. The van der Waals surface area contributed by atoms with Gasteiger partial charge < -0.3 is 0 Å². The molecule has 9 heteroatoms. The molecule has 0 bridgehead atoms. The summed E-state index contributed by atoms with van der Waals surface area (Å²) >= 11 is 5.65. The molecular weight excluding hydrogens is 396 g/mol. The fraction of sp³-hybridized carbons (Fsp3) is 0.286. The topological polar surface area (TPSA) is 69.6 Å². The number of benzene rings is 2. The molecule has 0 aliphatic rings. The lowest BCUT2D eigenvalue weighted by Gasteiger charge is -2.24. The molecule has 0 N–H and O–H groups in total. The van der Waals surface area contributed by atoms with Gasteiger partial charge in [-0.15, -0.1) is 0 Å². The molecule has 8 nitrogen and oxygen atoms in total. The third-order valence-electron chi connectivity index (χ3n) is 5.31. The third-order valence-corrected chi connectivity index (χ3v) is 5.69. The van der Waals surface area contributed by atoms with Crippen molar-refractivity contribution in [1.29, 1.82) is 0 Å². The number of tetrazole rings is 1. The third kappa shape index (κ3) is 3.94. The van der Waals surface area contributed by atoms with Crippen LogP contribution in [0.4, 0.5) is 0 Å². The minimum atomic E-state index is 0.169. The zero-order valence-electron chi connectivity index (χ0n) is 17.5. The Labute approximate surface area is 180 Å². The summed E-state index contributed by atoms with van der Waals surface area (Å²) in [6.07, 6.45) is 3.21. The molecule has 0 spiro atoms. The first-order chi connectivity index (χ1) is 14.4. The van der Waals surface area contributed by atoms with Crippen LogP contribution in [0.1, 0.15) is 29.7 Å². The molecule has 0 fully saturated rings.